The molecule has 246 valence electrons. The zero-order valence-electron chi connectivity index (χ0n) is 25.3. The highest BCUT2D eigenvalue weighted by atomic mass is 32.2. The first-order valence-electron chi connectivity index (χ1n) is 15.5. The Morgan fingerprint density at radius 3 is 2.35 bits per heavy atom. The van der Waals surface area contributed by atoms with Crippen molar-refractivity contribution in [1.29, 1.82) is 0 Å². The van der Waals surface area contributed by atoms with Crippen molar-refractivity contribution in [3.05, 3.63) is 104 Å². The molecular weight excluding hydrogens is 664 g/mol. The summed E-state index contributed by atoms with van der Waals surface area (Å²) in [5, 5.41) is 3.41. The lowest BCUT2D eigenvalue weighted by Gasteiger charge is -2.43. The fourth-order valence-electron chi connectivity index (χ4n) is 8.29. The van der Waals surface area contributed by atoms with E-state index >= 15 is 0 Å². The number of carbonyl (C=O) groups is 3. The Labute approximate surface area is 280 Å². The fraction of sp³-hybridized carbons (Fsp3) is 0.314. The number of imide groups is 1. The SMILES string of the molecule is Cc1ccc(NC(=O)COc2ccc([C@H]3c4sc(=O)[nH]c4SC4C5CC(C6C(=O)N(c7ccccc7C(F)(F)F)C(=O)C56)C43)cc2)cc1. The second kappa shape index (κ2) is 11.4. The number of hydrogen-bond donors (Lipinski definition) is 2. The van der Waals surface area contributed by atoms with Crippen LogP contribution in [0, 0.1) is 36.5 Å². The number of rotatable bonds is 6. The molecule has 0 radical (unpaired) electrons. The maximum absolute atomic E-state index is 14.0. The van der Waals surface area contributed by atoms with E-state index < -0.39 is 41.1 Å². The summed E-state index contributed by atoms with van der Waals surface area (Å²) in [6.45, 7) is 1.76. The molecule has 2 N–H and O–H groups in total. The number of alkyl halides is 3. The third-order valence-electron chi connectivity index (χ3n) is 10.1. The first-order valence-corrected chi connectivity index (χ1v) is 17.2. The Hall–Kier alpha value is -4.36. The molecule has 2 bridgehead atoms. The van der Waals surface area contributed by atoms with Gasteiger partial charge < -0.3 is 15.0 Å². The van der Waals surface area contributed by atoms with Gasteiger partial charge >= 0.3 is 11.0 Å². The van der Waals surface area contributed by atoms with E-state index in [-0.39, 0.29) is 46.3 Å². The van der Waals surface area contributed by atoms with Crippen LogP contribution in [-0.4, -0.2) is 34.6 Å². The molecule has 1 saturated heterocycles. The first-order chi connectivity index (χ1) is 23.0. The van der Waals surface area contributed by atoms with Gasteiger partial charge in [0.05, 0.1) is 28.1 Å². The van der Waals surface area contributed by atoms with Gasteiger partial charge in [-0.05, 0) is 73.1 Å². The van der Waals surface area contributed by atoms with Crippen LogP contribution in [0.25, 0.3) is 0 Å². The van der Waals surface area contributed by atoms with Crippen molar-refractivity contribution in [3.8, 4) is 5.75 Å². The molecule has 3 fully saturated rings. The monoisotopic (exact) mass is 691 g/mol. The number of halogens is 3. The molecule has 48 heavy (non-hydrogen) atoms. The minimum Gasteiger partial charge on any atom is -0.484 e. The molecule has 3 amide bonds. The van der Waals surface area contributed by atoms with E-state index in [1.54, 1.807) is 12.1 Å². The standard InChI is InChI=1S/C35H28F3N3O5S2/c1-16-6-10-18(11-7-16)39-24(42)15-46-19-12-8-17(9-13-19)25-26-20-14-21(29(26)47-31-30(25)48-34(45)40-31)28-27(20)32(43)41(33(28)44)23-5-3-2-4-22(23)35(36,37)38/h2-13,20-21,25-29H,14-15H2,1H3,(H,39,42)(H,40,45)/t20?,21?,25-,26?,27?,28?,29?/m1/s1. The number of aromatic amines is 1. The Morgan fingerprint density at radius 2 is 1.65 bits per heavy atom. The van der Waals surface area contributed by atoms with Gasteiger partial charge in [0.2, 0.25) is 11.8 Å². The maximum Gasteiger partial charge on any atom is 0.418 e. The molecule has 2 aliphatic carbocycles. The summed E-state index contributed by atoms with van der Waals surface area (Å²) in [4.78, 5) is 57.2. The maximum atomic E-state index is 14.0. The highest BCUT2D eigenvalue weighted by molar-refractivity contribution is 8.00. The number of fused-ring (bicyclic) bond motifs is 9. The van der Waals surface area contributed by atoms with Crippen LogP contribution >= 0.6 is 23.1 Å². The number of nitrogens with zero attached hydrogens (tertiary/aromatic N) is 1. The van der Waals surface area contributed by atoms with Crippen LogP contribution in [0.2, 0.25) is 0 Å². The highest BCUT2D eigenvalue weighted by Gasteiger charge is 2.70. The molecular formula is C35H28F3N3O5S2. The summed E-state index contributed by atoms with van der Waals surface area (Å²) < 4.78 is 47.6. The van der Waals surface area contributed by atoms with Crippen molar-refractivity contribution < 1.29 is 32.3 Å². The molecule has 6 unspecified atom stereocenters. The van der Waals surface area contributed by atoms with Gasteiger partial charge in [0, 0.05) is 21.7 Å². The van der Waals surface area contributed by atoms with E-state index in [0.717, 1.165) is 43.3 Å². The summed E-state index contributed by atoms with van der Waals surface area (Å²) in [6, 6.07) is 19.4. The number of thiazole rings is 1. The van der Waals surface area contributed by atoms with E-state index in [0.29, 0.717) is 17.9 Å². The normalized spacial score (nSPS) is 27.1. The van der Waals surface area contributed by atoms with Gasteiger partial charge in [-0.2, -0.15) is 13.2 Å². The first kappa shape index (κ1) is 30.9. The Balaban J connectivity index is 1.07. The number of benzene rings is 3. The van der Waals surface area contributed by atoms with Crippen LogP contribution < -0.4 is 19.8 Å². The molecule has 8 nitrogen and oxygen atoms in total. The van der Waals surface area contributed by atoms with E-state index in [1.165, 1.54) is 30.0 Å². The van der Waals surface area contributed by atoms with Crippen molar-refractivity contribution in [2.45, 2.75) is 35.7 Å². The number of thioether (sulfide) groups is 1. The van der Waals surface area contributed by atoms with Crippen molar-refractivity contribution in [2.75, 3.05) is 16.8 Å². The number of hydrogen-bond acceptors (Lipinski definition) is 7. The van der Waals surface area contributed by atoms with Crippen molar-refractivity contribution in [2.24, 2.45) is 29.6 Å². The fourth-order valence-corrected chi connectivity index (χ4v) is 11.2. The van der Waals surface area contributed by atoms with Crippen molar-refractivity contribution >= 4 is 52.2 Å². The van der Waals surface area contributed by atoms with Gasteiger partial charge in [-0.15, -0.1) is 11.8 Å². The van der Waals surface area contributed by atoms with Crippen LogP contribution in [-0.2, 0) is 20.6 Å². The van der Waals surface area contributed by atoms with Gasteiger partial charge in [-0.1, -0.05) is 53.3 Å². The van der Waals surface area contributed by atoms with E-state index in [2.05, 4.69) is 10.3 Å². The van der Waals surface area contributed by atoms with E-state index in [9.17, 15) is 32.3 Å². The lowest BCUT2D eigenvalue weighted by molar-refractivity contribution is -0.137. The molecule has 7 atom stereocenters. The minimum atomic E-state index is -4.73. The number of nitrogens with one attached hydrogen (secondary N) is 2. The number of para-hydroxylation sites is 1. The average molecular weight is 692 g/mol. The number of carbonyl (C=O) groups excluding carboxylic acids is 3. The number of aryl methyl sites for hydroxylation is 1. The topological polar surface area (TPSA) is 109 Å². The molecule has 4 aromatic rings. The van der Waals surface area contributed by atoms with E-state index in [4.69, 9.17) is 4.74 Å². The van der Waals surface area contributed by atoms with Gasteiger partial charge in [0.1, 0.15) is 5.75 Å². The molecule has 2 aliphatic heterocycles. The molecule has 2 saturated carbocycles. The van der Waals surface area contributed by atoms with Gasteiger partial charge in [-0.25, -0.2) is 4.90 Å². The molecule has 3 aromatic carbocycles. The molecule has 3 heterocycles. The predicted molar refractivity (Wildman–Crippen MR) is 174 cm³/mol. The van der Waals surface area contributed by atoms with Gasteiger partial charge in [0.15, 0.2) is 6.61 Å². The number of anilines is 2. The Bertz CT molecular complexity index is 2010. The zero-order chi connectivity index (χ0) is 33.5. The summed E-state index contributed by atoms with van der Waals surface area (Å²) in [7, 11) is 0. The lowest BCUT2D eigenvalue weighted by atomic mass is 9.68. The molecule has 0 spiro atoms. The number of H-pyrrole nitrogens is 1. The second-order valence-electron chi connectivity index (χ2n) is 12.8. The molecule has 8 rings (SSSR count). The van der Waals surface area contributed by atoms with E-state index in [1.807, 2.05) is 43.3 Å². The second-order valence-corrected chi connectivity index (χ2v) is 15.0. The number of amides is 3. The molecule has 1 aromatic heterocycles. The molecule has 4 aliphatic rings. The minimum absolute atomic E-state index is 0.116. The number of aromatic nitrogens is 1. The Kier molecular flexibility index (Phi) is 7.33. The van der Waals surface area contributed by atoms with Crippen LogP contribution in [0.1, 0.15) is 33.9 Å². The van der Waals surface area contributed by atoms with Gasteiger partial charge in [-0.3, -0.25) is 19.2 Å². The highest BCUT2D eigenvalue weighted by Crippen LogP contribution is 2.68. The summed E-state index contributed by atoms with van der Waals surface area (Å²) in [5.41, 5.74) is 1.19. The van der Waals surface area contributed by atoms with Gasteiger partial charge in [0.25, 0.3) is 5.91 Å². The van der Waals surface area contributed by atoms with Crippen LogP contribution in [0.5, 0.6) is 5.75 Å². The third kappa shape index (κ3) is 4.97. The Morgan fingerprint density at radius 1 is 0.958 bits per heavy atom. The van der Waals surface area contributed by atoms with Crippen molar-refractivity contribution in [3.63, 3.8) is 0 Å². The largest absolute Gasteiger partial charge is 0.484 e. The van der Waals surface area contributed by atoms with Crippen LogP contribution in [0.4, 0.5) is 24.5 Å². The quantitative estimate of drug-likeness (QED) is 0.225. The third-order valence-corrected chi connectivity index (χ3v) is 12.7. The molecule has 13 heteroatoms. The summed E-state index contributed by atoms with van der Waals surface area (Å²) in [5.74, 6) is -3.34. The summed E-state index contributed by atoms with van der Waals surface area (Å²) in [6.07, 6.45) is -4.12. The number of ether oxygens (including phenoxy) is 1. The average Bonchev–Trinajstić information content (AvgIpc) is 3.80. The summed E-state index contributed by atoms with van der Waals surface area (Å²) >= 11 is 2.62. The van der Waals surface area contributed by atoms with Crippen LogP contribution in [0.3, 0.4) is 0 Å². The predicted octanol–water partition coefficient (Wildman–Crippen LogP) is 6.46. The zero-order valence-corrected chi connectivity index (χ0v) is 27.0. The lowest BCUT2D eigenvalue weighted by Crippen LogP contribution is -2.42. The smallest absolute Gasteiger partial charge is 0.418 e. The van der Waals surface area contributed by atoms with Crippen LogP contribution in [0.15, 0.2) is 82.6 Å². The van der Waals surface area contributed by atoms with Crippen molar-refractivity contribution in [1.82, 2.24) is 4.98 Å².